The van der Waals surface area contributed by atoms with E-state index in [0.29, 0.717) is 11.5 Å². The number of nitrogens with two attached hydrogens (primary N) is 1. The molecule has 0 atom stereocenters. The van der Waals surface area contributed by atoms with Crippen LogP contribution in [0.4, 0.5) is 0 Å². The Balaban J connectivity index is 1.80. The number of aromatic amines is 1. The highest BCUT2D eigenvalue weighted by Gasteiger charge is 2.24. The number of H-pyrrole nitrogens is 1. The van der Waals surface area contributed by atoms with Gasteiger partial charge in [-0.1, -0.05) is 43.2 Å². The van der Waals surface area contributed by atoms with E-state index in [-0.39, 0.29) is 28.4 Å². The number of carbonyl (C=O) groups is 1. The Kier molecular flexibility index (Phi) is 4.54. The average Bonchev–Trinajstić information content (AvgIpc) is 3.40. The summed E-state index contributed by atoms with van der Waals surface area (Å²) in [7, 11) is 0. The largest absolute Gasteiger partial charge is 0.508 e. The van der Waals surface area contributed by atoms with Crippen LogP contribution in [0.5, 0.6) is 5.75 Å². The molecule has 1 aliphatic carbocycles. The summed E-state index contributed by atoms with van der Waals surface area (Å²) in [6.07, 6.45) is 4.48. The molecule has 4 N–H and O–H groups in total. The molecule has 1 saturated carbocycles. The number of carbonyl (C=O) groups excluding carboxylic acids is 1. The number of para-hydroxylation sites is 1. The molecule has 0 aliphatic heterocycles. The maximum atomic E-state index is 13.0. The molecule has 31 heavy (non-hydrogen) atoms. The number of primary amides is 1. The summed E-state index contributed by atoms with van der Waals surface area (Å²) in [6, 6.07) is 14.2. The number of hydrogen-bond donors (Lipinski definition) is 3. The zero-order chi connectivity index (χ0) is 21.5. The van der Waals surface area contributed by atoms with Crippen LogP contribution < -0.4 is 11.4 Å². The van der Waals surface area contributed by atoms with Crippen LogP contribution in [0, 0.1) is 0 Å². The molecular weight excluding hydrogens is 394 g/mol. The number of hydrogen-bond acceptors (Lipinski definition) is 5. The predicted octanol–water partition coefficient (Wildman–Crippen LogP) is 3.24. The number of imidazole rings is 1. The molecule has 0 bridgehead atoms. The molecule has 8 heteroatoms. The van der Waals surface area contributed by atoms with Gasteiger partial charge in [0.2, 0.25) is 0 Å². The molecule has 8 nitrogen and oxygen atoms in total. The van der Waals surface area contributed by atoms with Crippen molar-refractivity contribution in [3.8, 4) is 22.8 Å². The first-order valence-corrected chi connectivity index (χ1v) is 10.2. The highest BCUT2D eigenvalue weighted by atomic mass is 16.3. The van der Waals surface area contributed by atoms with E-state index < -0.39 is 11.6 Å². The molecule has 1 fully saturated rings. The van der Waals surface area contributed by atoms with E-state index in [2.05, 4.69) is 15.0 Å². The molecule has 2 aromatic carbocycles. The van der Waals surface area contributed by atoms with E-state index >= 15 is 0 Å². The second-order valence-electron chi connectivity index (χ2n) is 7.81. The van der Waals surface area contributed by atoms with Gasteiger partial charge in [-0.15, -0.1) is 0 Å². The maximum Gasteiger partial charge on any atom is 0.332 e. The van der Waals surface area contributed by atoms with Crippen molar-refractivity contribution in [3.63, 3.8) is 0 Å². The van der Waals surface area contributed by atoms with Crippen LogP contribution in [0.2, 0.25) is 0 Å². The number of nitrogens with one attached hydrogen (secondary N) is 1. The van der Waals surface area contributed by atoms with Crippen LogP contribution in [0.25, 0.3) is 28.2 Å². The third kappa shape index (κ3) is 3.26. The van der Waals surface area contributed by atoms with Gasteiger partial charge in [0.05, 0.1) is 5.69 Å². The first-order valence-electron chi connectivity index (χ1n) is 10.2. The van der Waals surface area contributed by atoms with E-state index in [9.17, 15) is 14.7 Å². The number of amides is 1. The number of aromatic nitrogens is 4. The molecule has 0 spiro atoms. The number of aromatic hydroxyl groups is 1. The number of benzene rings is 2. The van der Waals surface area contributed by atoms with E-state index in [0.717, 1.165) is 36.9 Å². The van der Waals surface area contributed by atoms with Gasteiger partial charge in [0.1, 0.15) is 11.3 Å². The fourth-order valence-electron chi connectivity index (χ4n) is 4.43. The molecule has 0 saturated heterocycles. The lowest BCUT2D eigenvalue weighted by Crippen LogP contribution is -2.17. The Morgan fingerprint density at radius 2 is 1.87 bits per heavy atom. The van der Waals surface area contributed by atoms with Crippen LogP contribution in [0.1, 0.15) is 47.7 Å². The fraction of sp³-hybridized carbons (Fsp3) is 0.217. The van der Waals surface area contributed by atoms with Gasteiger partial charge in [0, 0.05) is 5.56 Å². The van der Waals surface area contributed by atoms with Crippen molar-refractivity contribution in [2.45, 2.75) is 31.6 Å². The summed E-state index contributed by atoms with van der Waals surface area (Å²) in [5.74, 6) is -0.162. The van der Waals surface area contributed by atoms with Gasteiger partial charge >= 0.3 is 5.69 Å². The van der Waals surface area contributed by atoms with Gasteiger partial charge in [0.15, 0.2) is 17.2 Å². The molecule has 4 aromatic rings. The van der Waals surface area contributed by atoms with Crippen LogP contribution in [-0.4, -0.2) is 30.5 Å². The minimum Gasteiger partial charge on any atom is -0.508 e. The standard InChI is InChI=1S/C23H21N5O3/c24-20(30)18-19-22(27-21(25-18)14-8-5-9-15(29)12-14)28(23(31)26-19)17-11-4-3-10-16(17)13-6-1-2-7-13/h3-5,8-13,29H,1-2,6-7H2,(H2,24,30)(H,26,31). The highest BCUT2D eigenvalue weighted by molar-refractivity contribution is 6.02. The lowest BCUT2D eigenvalue weighted by atomic mass is 9.96. The summed E-state index contributed by atoms with van der Waals surface area (Å²) in [4.78, 5) is 36.8. The van der Waals surface area contributed by atoms with Gasteiger partial charge < -0.3 is 15.8 Å². The second-order valence-corrected chi connectivity index (χ2v) is 7.81. The SMILES string of the molecule is NC(=O)c1nc(-c2cccc(O)c2)nc2c1[nH]c(=O)n2-c1ccccc1C1CCCC1. The smallest absolute Gasteiger partial charge is 0.332 e. The molecule has 0 radical (unpaired) electrons. The van der Waals surface area contributed by atoms with Crippen molar-refractivity contribution in [1.29, 1.82) is 0 Å². The van der Waals surface area contributed by atoms with Crippen molar-refractivity contribution in [1.82, 2.24) is 19.5 Å². The van der Waals surface area contributed by atoms with Crippen molar-refractivity contribution in [2.24, 2.45) is 5.73 Å². The summed E-state index contributed by atoms with van der Waals surface area (Å²) in [5.41, 5.74) is 7.89. The van der Waals surface area contributed by atoms with Gasteiger partial charge in [-0.05, 0) is 42.5 Å². The summed E-state index contributed by atoms with van der Waals surface area (Å²) in [5, 5.41) is 9.85. The third-order valence-corrected chi connectivity index (χ3v) is 5.85. The first kappa shape index (κ1) is 19.0. The molecule has 5 rings (SSSR count). The van der Waals surface area contributed by atoms with E-state index in [4.69, 9.17) is 5.73 Å². The van der Waals surface area contributed by atoms with Gasteiger partial charge in [0.25, 0.3) is 5.91 Å². The van der Waals surface area contributed by atoms with Gasteiger partial charge in [-0.25, -0.2) is 19.3 Å². The monoisotopic (exact) mass is 415 g/mol. The number of rotatable bonds is 4. The summed E-state index contributed by atoms with van der Waals surface area (Å²) in [6.45, 7) is 0. The van der Waals surface area contributed by atoms with E-state index in [1.54, 1.807) is 12.1 Å². The zero-order valence-corrected chi connectivity index (χ0v) is 16.7. The number of nitrogens with zero attached hydrogens (tertiary/aromatic N) is 3. The molecule has 2 heterocycles. The quantitative estimate of drug-likeness (QED) is 0.472. The topological polar surface area (TPSA) is 127 Å². The van der Waals surface area contributed by atoms with Gasteiger partial charge in [-0.2, -0.15) is 0 Å². The molecule has 156 valence electrons. The minimum absolute atomic E-state index is 0.0415. The lowest BCUT2D eigenvalue weighted by Gasteiger charge is -2.16. The Morgan fingerprint density at radius 3 is 2.61 bits per heavy atom. The zero-order valence-electron chi connectivity index (χ0n) is 16.7. The number of fused-ring (bicyclic) bond motifs is 1. The third-order valence-electron chi connectivity index (χ3n) is 5.85. The van der Waals surface area contributed by atoms with Crippen molar-refractivity contribution >= 4 is 17.1 Å². The highest BCUT2D eigenvalue weighted by Crippen LogP contribution is 2.37. The predicted molar refractivity (Wildman–Crippen MR) is 116 cm³/mol. The minimum atomic E-state index is -0.772. The van der Waals surface area contributed by atoms with Crippen LogP contribution in [0.3, 0.4) is 0 Å². The van der Waals surface area contributed by atoms with Crippen molar-refractivity contribution in [2.75, 3.05) is 0 Å². The summed E-state index contributed by atoms with van der Waals surface area (Å²) < 4.78 is 1.49. The molecule has 2 aromatic heterocycles. The number of phenols is 1. The average molecular weight is 415 g/mol. The van der Waals surface area contributed by atoms with Crippen molar-refractivity contribution in [3.05, 3.63) is 70.3 Å². The number of phenolic OH excluding ortho intramolecular Hbond substituents is 1. The second kappa shape index (κ2) is 7.39. The maximum absolute atomic E-state index is 13.0. The van der Waals surface area contributed by atoms with Crippen molar-refractivity contribution < 1.29 is 9.90 Å². The van der Waals surface area contributed by atoms with Gasteiger partial charge in [-0.3, -0.25) is 4.79 Å². The Morgan fingerprint density at radius 1 is 1.10 bits per heavy atom. The molecule has 1 aliphatic rings. The van der Waals surface area contributed by atoms with Crippen LogP contribution in [0.15, 0.2) is 53.3 Å². The van der Waals surface area contributed by atoms with E-state index in [1.807, 2.05) is 24.3 Å². The molecule has 0 unspecified atom stereocenters. The Hall–Kier alpha value is -3.94. The van der Waals surface area contributed by atoms with Crippen LogP contribution >= 0.6 is 0 Å². The fourth-order valence-corrected chi connectivity index (χ4v) is 4.43. The first-order chi connectivity index (χ1) is 15.0. The molecular formula is C23H21N5O3. The van der Waals surface area contributed by atoms with E-state index in [1.165, 1.54) is 16.7 Å². The Labute approximate surface area is 177 Å². The van der Waals surface area contributed by atoms with Crippen LogP contribution in [-0.2, 0) is 0 Å². The Bertz CT molecular complexity index is 1370. The lowest BCUT2D eigenvalue weighted by molar-refractivity contribution is 0.0997. The normalized spacial score (nSPS) is 14.3. The summed E-state index contributed by atoms with van der Waals surface area (Å²) >= 11 is 0. The molecule has 1 amide bonds.